The summed E-state index contributed by atoms with van der Waals surface area (Å²) >= 11 is 0. The summed E-state index contributed by atoms with van der Waals surface area (Å²) in [6, 6.07) is 7.93. The van der Waals surface area contributed by atoms with E-state index in [1.165, 1.54) is 10.6 Å². The second-order valence-corrected chi connectivity index (χ2v) is 7.94. The first-order chi connectivity index (χ1) is 17.3. The molecule has 0 aliphatic heterocycles. The fourth-order valence-electron chi connectivity index (χ4n) is 3.63. The van der Waals surface area contributed by atoms with E-state index in [0.717, 1.165) is 10.7 Å². The van der Waals surface area contributed by atoms with E-state index >= 15 is 0 Å². The monoisotopic (exact) mass is 490 g/mol. The highest BCUT2D eigenvalue weighted by atomic mass is 19.1. The highest BCUT2D eigenvalue weighted by molar-refractivity contribution is 5.98. The zero-order valence-electron chi connectivity index (χ0n) is 19.1. The van der Waals surface area contributed by atoms with Crippen molar-refractivity contribution in [3.8, 4) is 0 Å². The number of hydrogen-bond donors (Lipinski definition) is 2. The molecule has 0 unspecified atom stereocenters. The van der Waals surface area contributed by atoms with Gasteiger partial charge in [-0.2, -0.15) is 5.10 Å². The molecule has 0 saturated carbocycles. The molecule has 4 aromatic heterocycles. The van der Waals surface area contributed by atoms with Crippen LogP contribution in [0.1, 0.15) is 38.1 Å². The first-order valence-electron chi connectivity index (χ1n) is 10.8. The van der Waals surface area contributed by atoms with Gasteiger partial charge in [0.05, 0.1) is 24.0 Å². The van der Waals surface area contributed by atoms with Gasteiger partial charge >= 0.3 is 5.76 Å². The molecular weight excluding hydrogens is 471 g/mol. The number of amides is 2. The third-order valence-electron chi connectivity index (χ3n) is 5.47. The van der Waals surface area contributed by atoms with Gasteiger partial charge in [0.15, 0.2) is 17.0 Å². The molecule has 5 aromatic rings. The van der Waals surface area contributed by atoms with Crippen LogP contribution >= 0.6 is 0 Å². The number of carbonyl (C=O) groups excluding carboxylic acids is 2. The number of nitrogens with zero attached hydrogens (tertiary/aromatic N) is 6. The topological polar surface area (TPSA) is 149 Å². The maximum Gasteiger partial charge on any atom is 0.419 e. The lowest BCUT2D eigenvalue weighted by molar-refractivity contribution is 0.0942. The predicted octanol–water partition coefficient (Wildman–Crippen LogP) is 1.27. The van der Waals surface area contributed by atoms with Gasteiger partial charge in [0.25, 0.3) is 11.8 Å². The van der Waals surface area contributed by atoms with Crippen LogP contribution in [0.4, 0.5) is 4.39 Å². The molecule has 5 rings (SSSR count). The van der Waals surface area contributed by atoms with E-state index in [9.17, 15) is 18.8 Å². The second-order valence-electron chi connectivity index (χ2n) is 7.94. The van der Waals surface area contributed by atoms with Crippen molar-refractivity contribution in [3.63, 3.8) is 0 Å². The molecule has 0 spiro atoms. The summed E-state index contributed by atoms with van der Waals surface area (Å²) in [6.07, 6.45) is 2.49. The highest BCUT2D eigenvalue weighted by Gasteiger charge is 2.20. The molecule has 0 atom stereocenters. The Morgan fingerprint density at radius 1 is 1.08 bits per heavy atom. The third kappa shape index (κ3) is 4.29. The summed E-state index contributed by atoms with van der Waals surface area (Å²) in [5, 5.41) is 9.24. The van der Waals surface area contributed by atoms with Crippen molar-refractivity contribution in [1.82, 2.24) is 39.8 Å². The predicted molar refractivity (Wildman–Crippen MR) is 124 cm³/mol. The van der Waals surface area contributed by atoms with Crippen LogP contribution in [-0.4, -0.2) is 40.9 Å². The van der Waals surface area contributed by atoms with Crippen molar-refractivity contribution in [1.29, 1.82) is 0 Å². The smallest absolute Gasteiger partial charge is 0.408 e. The summed E-state index contributed by atoms with van der Waals surface area (Å²) in [4.78, 5) is 49.7. The molecule has 0 fully saturated rings. The molecule has 12 nitrogen and oxygen atoms in total. The van der Waals surface area contributed by atoms with Gasteiger partial charge in [0, 0.05) is 25.9 Å². The van der Waals surface area contributed by atoms with Crippen molar-refractivity contribution in [2.45, 2.75) is 20.0 Å². The molecule has 0 aliphatic rings. The number of hydrogen-bond acceptors (Lipinski definition) is 8. The minimum Gasteiger partial charge on any atom is -0.408 e. The number of halogens is 1. The largest absolute Gasteiger partial charge is 0.419 e. The average molecular weight is 490 g/mol. The number of aromatic nitrogens is 6. The Morgan fingerprint density at radius 2 is 1.89 bits per heavy atom. The molecule has 2 amide bonds. The van der Waals surface area contributed by atoms with Crippen LogP contribution in [0.15, 0.2) is 51.9 Å². The minimum atomic E-state index is -0.781. The van der Waals surface area contributed by atoms with E-state index < -0.39 is 23.4 Å². The molecule has 0 aliphatic carbocycles. The van der Waals surface area contributed by atoms with Crippen LogP contribution < -0.4 is 16.4 Å². The Morgan fingerprint density at radius 3 is 2.69 bits per heavy atom. The molecule has 13 heteroatoms. The van der Waals surface area contributed by atoms with Crippen molar-refractivity contribution in [2.75, 3.05) is 0 Å². The SMILES string of the molecule is Cc1nccc(CNC(=O)c2cc(C(=O)NCc3ccc4oc(=O)n(C)c4c3)nc3c(F)cnn23)n1. The van der Waals surface area contributed by atoms with Crippen molar-refractivity contribution < 1.29 is 18.4 Å². The van der Waals surface area contributed by atoms with Crippen molar-refractivity contribution >= 4 is 28.6 Å². The lowest BCUT2D eigenvalue weighted by Gasteiger charge is -2.10. The summed E-state index contributed by atoms with van der Waals surface area (Å²) in [7, 11) is 1.58. The Bertz CT molecular complexity index is 1700. The Balaban J connectivity index is 1.37. The Kier molecular flexibility index (Phi) is 5.72. The fourth-order valence-corrected chi connectivity index (χ4v) is 3.63. The van der Waals surface area contributed by atoms with Gasteiger partial charge in [-0.25, -0.2) is 28.7 Å². The van der Waals surface area contributed by atoms with E-state index in [2.05, 4.69) is 30.7 Å². The van der Waals surface area contributed by atoms with E-state index in [4.69, 9.17) is 4.42 Å². The van der Waals surface area contributed by atoms with Crippen LogP contribution in [0.5, 0.6) is 0 Å². The van der Waals surface area contributed by atoms with Gasteiger partial charge < -0.3 is 15.1 Å². The van der Waals surface area contributed by atoms with Gasteiger partial charge in [-0.15, -0.1) is 0 Å². The third-order valence-corrected chi connectivity index (χ3v) is 5.47. The molecule has 1 aromatic carbocycles. The van der Waals surface area contributed by atoms with Crippen molar-refractivity contribution in [2.24, 2.45) is 7.05 Å². The van der Waals surface area contributed by atoms with Crippen molar-refractivity contribution in [3.05, 3.63) is 87.6 Å². The first kappa shape index (κ1) is 22.8. The number of carbonyl (C=O) groups is 2. The number of oxazole rings is 1. The van der Waals surface area contributed by atoms with Gasteiger partial charge in [-0.05, 0) is 30.7 Å². The first-order valence-corrected chi connectivity index (χ1v) is 10.8. The van der Waals surface area contributed by atoms with Crippen LogP contribution in [-0.2, 0) is 20.1 Å². The summed E-state index contributed by atoms with van der Waals surface area (Å²) in [5.74, 6) is -1.94. The highest BCUT2D eigenvalue weighted by Crippen LogP contribution is 2.15. The van der Waals surface area contributed by atoms with E-state index in [0.29, 0.717) is 28.2 Å². The van der Waals surface area contributed by atoms with Crippen LogP contribution in [0, 0.1) is 12.7 Å². The number of benzene rings is 1. The van der Waals surface area contributed by atoms with Gasteiger partial charge in [0.2, 0.25) is 0 Å². The normalized spacial score (nSPS) is 11.2. The minimum absolute atomic E-state index is 0.0744. The summed E-state index contributed by atoms with van der Waals surface area (Å²) in [6.45, 7) is 1.91. The zero-order valence-corrected chi connectivity index (χ0v) is 19.1. The lowest BCUT2D eigenvalue weighted by atomic mass is 10.2. The van der Waals surface area contributed by atoms with E-state index in [1.54, 1.807) is 44.4 Å². The quantitative estimate of drug-likeness (QED) is 0.361. The second kappa shape index (κ2) is 9.02. The molecule has 4 heterocycles. The van der Waals surface area contributed by atoms with Crippen LogP contribution in [0.2, 0.25) is 0 Å². The number of fused-ring (bicyclic) bond motifs is 2. The Labute approximate surface area is 201 Å². The zero-order chi connectivity index (χ0) is 25.4. The molecule has 0 radical (unpaired) electrons. The molecule has 182 valence electrons. The molecule has 0 saturated heterocycles. The molecule has 0 bridgehead atoms. The van der Waals surface area contributed by atoms with Gasteiger partial charge in [0.1, 0.15) is 17.2 Å². The average Bonchev–Trinajstić information content (AvgIpc) is 3.39. The lowest BCUT2D eigenvalue weighted by Crippen LogP contribution is -2.28. The van der Waals surface area contributed by atoms with Gasteiger partial charge in [-0.1, -0.05) is 6.07 Å². The molecule has 36 heavy (non-hydrogen) atoms. The standard InChI is InChI=1S/C23H19FN8O4/c1-12-25-6-5-14(29-12)10-27-22(34)18-8-16(30-20-15(24)11-28-32(18)20)21(33)26-9-13-3-4-19-17(7-13)31(2)23(35)36-19/h3-8,11H,9-10H2,1-2H3,(H,26,33)(H,27,34). The number of nitrogens with one attached hydrogen (secondary N) is 2. The molecular formula is C23H19FN8O4. The van der Waals surface area contributed by atoms with Crippen LogP contribution in [0.25, 0.3) is 16.7 Å². The number of aryl methyl sites for hydroxylation is 2. The maximum atomic E-state index is 14.3. The fraction of sp³-hybridized carbons (Fsp3) is 0.174. The van der Waals surface area contributed by atoms with E-state index in [1.807, 2.05) is 0 Å². The summed E-state index contributed by atoms with van der Waals surface area (Å²) in [5.41, 5.74) is 1.77. The Hall–Kier alpha value is -4.94. The van der Waals surface area contributed by atoms with E-state index in [-0.39, 0.29) is 30.1 Å². The number of rotatable bonds is 6. The van der Waals surface area contributed by atoms with Crippen LogP contribution in [0.3, 0.4) is 0 Å². The molecule has 2 N–H and O–H groups in total. The maximum absolute atomic E-state index is 14.3. The summed E-state index contributed by atoms with van der Waals surface area (Å²) < 4.78 is 21.8. The van der Waals surface area contributed by atoms with Gasteiger partial charge in [-0.3, -0.25) is 14.2 Å².